The van der Waals surface area contributed by atoms with Gasteiger partial charge in [-0.15, -0.1) is 10.2 Å². The fourth-order valence-corrected chi connectivity index (χ4v) is 2.08. The zero-order valence-corrected chi connectivity index (χ0v) is 11.8. The molecule has 0 atom stereocenters. The monoisotopic (exact) mass is 299 g/mol. The summed E-state index contributed by atoms with van der Waals surface area (Å²) in [7, 11) is 1.31. The number of hydrogen-bond donors (Lipinski definition) is 1. The van der Waals surface area contributed by atoms with Crippen LogP contribution in [0.25, 0.3) is 5.65 Å². The van der Waals surface area contributed by atoms with Gasteiger partial charge in [0.25, 0.3) is 0 Å². The van der Waals surface area contributed by atoms with Crippen LogP contribution in [-0.4, -0.2) is 32.8 Å². The second-order valence-electron chi connectivity index (χ2n) is 4.47. The van der Waals surface area contributed by atoms with Gasteiger partial charge in [-0.05, 0) is 24.3 Å². The predicted octanol–water partition coefficient (Wildman–Crippen LogP) is 1.80. The van der Waals surface area contributed by atoms with Crippen LogP contribution in [0.2, 0.25) is 0 Å². The normalized spacial score (nSPS) is 10.6. The lowest BCUT2D eigenvalue weighted by Crippen LogP contribution is -2.11. The number of methoxy groups -OCH3 is 1. The first-order valence-corrected chi connectivity index (χ1v) is 6.53. The Morgan fingerprint density at radius 1 is 1.18 bits per heavy atom. The van der Waals surface area contributed by atoms with Gasteiger partial charge in [-0.25, -0.2) is 4.79 Å². The fourth-order valence-electron chi connectivity index (χ4n) is 2.08. The van der Waals surface area contributed by atoms with Crippen molar-refractivity contribution < 1.29 is 19.4 Å². The van der Waals surface area contributed by atoms with Crippen LogP contribution in [-0.2, 0) is 11.3 Å². The molecular formula is C15H13N3O4. The van der Waals surface area contributed by atoms with Crippen molar-refractivity contribution in [2.24, 2.45) is 0 Å². The third kappa shape index (κ3) is 2.44. The average molecular weight is 299 g/mol. The van der Waals surface area contributed by atoms with Crippen LogP contribution in [0, 0.1) is 0 Å². The van der Waals surface area contributed by atoms with E-state index in [-0.39, 0.29) is 12.4 Å². The van der Waals surface area contributed by atoms with Crippen molar-refractivity contribution in [3.63, 3.8) is 0 Å². The van der Waals surface area contributed by atoms with E-state index >= 15 is 0 Å². The number of nitrogens with zero attached hydrogens (tertiary/aromatic N) is 3. The Kier molecular flexibility index (Phi) is 3.61. The van der Waals surface area contributed by atoms with E-state index in [0.717, 1.165) is 0 Å². The van der Waals surface area contributed by atoms with E-state index < -0.39 is 5.97 Å². The van der Waals surface area contributed by atoms with Crippen LogP contribution in [0.5, 0.6) is 11.5 Å². The van der Waals surface area contributed by atoms with Gasteiger partial charge in [-0.1, -0.05) is 18.2 Å². The maximum absolute atomic E-state index is 11.8. The number of pyridine rings is 1. The van der Waals surface area contributed by atoms with Crippen molar-refractivity contribution >= 4 is 11.6 Å². The molecule has 0 amide bonds. The van der Waals surface area contributed by atoms with E-state index in [1.807, 2.05) is 0 Å². The highest BCUT2D eigenvalue weighted by Gasteiger charge is 2.16. The molecule has 0 unspecified atom stereocenters. The standard InChI is InChI=1S/C15H13N3O4/c1-21-15(20)10-5-4-8-13-16-17-14(18(10)13)9-22-12-7-3-2-6-11(12)19/h2-8,19H,9H2,1H3. The fraction of sp³-hybridized carbons (Fsp3) is 0.133. The molecule has 3 aromatic rings. The first-order chi connectivity index (χ1) is 10.7. The highest BCUT2D eigenvalue weighted by atomic mass is 16.5. The number of phenols is 1. The van der Waals surface area contributed by atoms with E-state index in [1.165, 1.54) is 13.2 Å². The molecule has 0 fully saturated rings. The summed E-state index contributed by atoms with van der Waals surface area (Å²) in [5, 5.41) is 17.7. The number of fused-ring (bicyclic) bond motifs is 1. The summed E-state index contributed by atoms with van der Waals surface area (Å²) in [4.78, 5) is 11.8. The van der Waals surface area contributed by atoms with Crippen molar-refractivity contribution in [2.75, 3.05) is 7.11 Å². The van der Waals surface area contributed by atoms with Gasteiger partial charge in [-0.3, -0.25) is 4.40 Å². The molecule has 0 saturated carbocycles. The summed E-state index contributed by atoms with van der Waals surface area (Å²) in [5.74, 6) is 0.299. The molecule has 0 aliphatic carbocycles. The molecule has 7 nitrogen and oxygen atoms in total. The Morgan fingerprint density at radius 3 is 2.77 bits per heavy atom. The largest absolute Gasteiger partial charge is 0.504 e. The van der Waals surface area contributed by atoms with Gasteiger partial charge in [0.15, 0.2) is 23.0 Å². The minimum atomic E-state index is -0.491. The number of esters is 1. The summed E-state index contributed by atoms with van der Waals surface area (Å²) in [6, 6.07) is 11.6. The van der Waals surface area contributed by atoms with Gasteiger partial charge in [0.05, 0.1) is 7.11 Å². The van der Waals surface area contributed by atoms with Crippen molar-refractivity contribution in [1.29, 1.82) is 0 Å². The van der Waals surface area contributed by atoms with Crippen molar-refractivity contribution in [3.05, 3.63) is 54.0 Å². The Morgan fingerprint density at radius 2 is 2.00 bits per heavy atom. The molecule has 3 rings (SSSR count). The lowest BCUT2D eigenvalue weighted by Gasteiger charge is -2.08. The van der Waals surface area contributed by atoms with Gasteiger partial charge in [0.2, 0.25) is 0 Å². The number of phenolic OH excluding ortho intramolecular Hbond substituents is 1. The van der Waals surface area contributed by atoms with Crippen LogP contribution in [0.3, 0.4) is 0 Å². The molecule has 22 heavy (non-hydrogen) atoms. The highest BCUT2D eigenvalue weighted by molar-refractivity contribution is 5.88. The van der Waals surface area contributed by atoms with Crippen molar-refractivity contribution in [1.82, 2.24) is 14.6 Å². The van der Waals surface area contributed by atoms with E-state index in [1.54, 1.807) is 40.8 Å². The summed E-state index contributed by atoms with van der Waals surface area (Å²) < 4.78 is 11.8. The minimum Gasteiger partial charge on any atom is -0.504 e. The topological polar surface area (TPSA) is 86.0 Å². The second kappa shape index (κ2) is 5.72. The van der Waals surface area contributed by atoms with Gasteiger partial charge < -0.3 is 14.6 Å². The zero-order chi connectivity index (χ0) is 15.5. The second-order valence-corrected chi connectivity index (χ2v) is 4.47. The molecule has 1 N–H and O–H groups in total. The van der Waals surface area contributed by atoms with Crippen molar-refractivity contribution in [3.8, 4) is 11.5 Å². The number of para-hydroxylation sites is 2. The molecule has 0 radical (unpaired) electrons. The molecule has 1 aromatic carbocycles. The van der Waals surface area contributed by atoms with Crippen LogP contribution in [0.15, 0.2) is 42.5 Å². The maximum Gasteiger partial charge on any atom is 0.355 e. The molecule has 0 aliphatic rings. The molecule has 0 bridgehead atoms. The molecule has 112 valence electrons. The number of hydrogen-bond acceptors (Lipinski definition) is 6. The number of aromatic hydroxyl groups is 1. The van der Waals surface area contributed by atoms with Crippen LogP contribution >= 0.6 is 0 Å². The van der Waals surface area contributed by atoms with Crippen LogP contribution < -0.4 is 4.74 Å². The number of ether oxygens (including phenoxy) is 2. The summed E-state index contributed by atoms with van der Waals surface area (Å²) in [6.45, 7) is 0.0484. The maximum atomic E-state index is 11.8. The summed E-state index contributed by atoms with van der Waals surface area (Å²) in [6.07, 6.45) is 0. The number of carbonyl (C=O) groups is 1. The van der Waals surface area contributed by atoms with Crippen LogP contribution in [0.4, 0.5) is 0 Å². The zero-order valence-electron chi connectivity index (χ0n) is 11.8. The average Bonchev–Trinajstić information content (AvgIpc) is 2.96. The van der Waals surface area contributed by atoms with E-state index in [4.69, 9.17) is 9.47 Å². The third-order valence-corrected chi connectivity index (χ3v) is 3.11. The van der Waals surface area contributed by atoms with Crippen LogP contribution in [0.1, 0.15) is 16.3 Å². The molecule has 2 heterocycles. The number of aromatic nitrogens is 3. The first kappa shape index (κ1) is 13.9. The molecular weight excluding hydrogens is 286 g/mol. The van der Waals surface area contributed by atoms with E-state index in [2.05, 4.69) is 10.2 Å². The van der Waals surface area contributed by atoms with Crippen molar-refractivity contribution in [2.45, 2.75) is 6.61 Å². The van der Waals surface area contributed by atoms with E-state index in [9.17, 15) is 9.90 Å². The lowest BCUT2D eigenvalue weighted by molar-refractivity contribution is 0.0591. The van der Waals surface area contributed by atoms with E-state index in [0.29, 0.717) is 22.9 Å². The Balaban J connectivity index is 1.94. The summed E-state index contributed by atoms with van der Waals surface area (Å²) >= 11 is 0. The van der Waals surface area contributed by atoms with Gasteiger partial charge in [-0.2, -0.15) is 0 Å². The predicted molar refractivity (Wildman–Crippen MR) is 76.8 cm³/mol. The SMILES string of the molecule is COC(=O)c1cccc2nnc(COc3ccccc3O)n12. The smallest absolute Gasteiger partial charge is 0.355 e. The van der Waals surface area contributed by atoms with Gasteiger partial charge in [0, 0.05) is 0 Å². The third-order valence-electron chi connectivity index (χ3n) is 3.11. The highest BCUT2D eigenvalue weighted by Crippen LogP contribution is 2.25. The molecule has 7 heteroatoms. The first-order valence-electron chi connectivity index (χ1n) is 6.53. The van der Waals surface area contributed by atoms with Gasteiger partial charge in [0.1, 0.15) is 12.3 Å². The number of benzene rings is 1. The number of carbonyl (C=O) groups excluding carboxylic acids is 1. The summed E-state index contributed by atoms with van der Waals surface area (Å²) in [5.41, 5.74) is 0.819. The Hall–Kier alpha value is -3.09. The number of rotatable bonds is 4. The Labute approximate surface area is 125 Å². The lowest BCUT2D eigenvalue weighted by atomic mass is 10.3. The molecule has 2 aromatic heterocycles. The van der Waals surface area contributed by atoms with Gasteiger partial charge >= 0.3 is 5.97 Å². The Bertz CT molecular complexity index is 829. The molecule has 0 saturated heterocycles. The minimum absolute atomic E-state index is 0.0320. The molecule has 0 spiro atoms. The quantitative estimate of drug-likeness (QED) is 0.739. The molecule has 0 aliphatic heterocycles.